The van der Waals surface area contributed by atoms with Gasteiger partial charge in [0.2, 0.25) is 5.91 Å². The zero-order chi connectivity index (χ0) is 14.8. The number of nitrogens with zero attached hydrogens (tertiary/aromatic N) is 1. The van der Waals surface area contributed by atoms with Crippen molar-refractivity contribution in [3.8, 4) is 0 Å². The van der Waals surface area contributed by atoms with E-state index in [1.165, 1.54) is 0 Å². The molecule has 0 bridgehead atoms. The summed E-state index contributed by atoms with van der Waals surface area (Å²) in [7, 11) is 0. The number of fused-ring (bicyclic) bond motifs is 1. The van der Waals surface area contributed by atoms with E-state index < -0.39 is 0 Å². The molecule has 5 nitrogen and oxygen atoms in total. The first-order chi connectivity index (χ1) is 10.2. The van der Waals surface area contributed by atoms with Crippen LogP contribution in [0.3, 0.4) is 0 Å². The Bertz CT molecular complexity index is 669. The Morgan fingerprint density at radius 1 is 1.38 bits per heavy atom. The van der Waals surface area contributed by atoms with Crippen molar-refractivity contribution in [2.75, 3.05) is 5.32 Å². The highest BCUT2D eigenvalue weighted by molar-refractivity contribution is 6.05. The van der Waals surface area contributed by atoms with Gasteiger partial charge in [0.1, 0.15) is 11.2 Å². The zero-order valence-electron chi connectivity index (χ0n) is 12.0. The van der Waals surface area contributed by atoms with Gasteiger partial charge in [-0.05, 0) is 43.7 Å². The number of furan rings is 1. The lowest BCUT2D eigenvalue weighted by Crippen LogP contribution is -2.26. The van der Waals surface area contributed by atoms with Crippen molar-refractivity contribution in [3.63, 3.8) is 0 Å². The molecule has 1 amide bonds. The standard InChI is InChI=1S/C16H18N2O3/c1-10-4-6-11(7-5-10)16(20)18-15-13(9-19)21-12-3-2-8-17-14(12)15/h2-3,8-11H,4-7H2,1H3,(H,18,20). The Kier molecular flexibility index (Phi) is 3.73. The number of rotatable bonds is 3. The largest absolute Gasteiger partial charge is 0.449 e. The van der Waals surface area contributed by atoms with Crippen LogP contribution in [0.15, 0.2) is 22.7 Å². The highest BCUT2D eigenvalue weighted by Gasteiger charge is 2.26. The number of amides is 1. The fourth-order valence-corrected chi connectivity index (χ4v) is 2.90. The number of aromatic nitrogens is 1. The van der Waals surface area contributed by atoms with Crippen molar-refractivity contribution in [2.24, 2.45) is 11.8 Å². The third-order valence-electron chi connectivity index (χ3n) is 4.22. The molecule has 0 unspecified atom stereocenters. The summed E-state index contributed by atoms with van der Waals surface area (Å²) in [6.45, 7) is 2.21. The second-order valence-corrected chi connectivity index (χ2v) is 5.76. The van der Waals surface area contributed by atoms with Crippen molar-refractivity contribution in [1.82, 2.24) is 4.98 Å². The molecule has 1 aliphatic carbocycles. The van der Waals surface area contributed by atoms with Crippen LogP contribution in [0.25, 0.3) is 11.1 Å². The SMILES string of the molecule is CC1CCC(C(=O)Nc2c(C=O)oc3cccnc23)CC1. The normalized spacial score (nSPS) is 22.1. The Morgan fingerprint density at radius 2 is 2.14 bits per heavy atom. The number of hydrogen-bond acceptors (Lipinski definition) is 4. The molecule has 1 fully saturated rings. The van der Waals surface area contributed by atoms with Crippen LogP contribution in [0.2, 0.25) is 0 Å². The third kappa shape index (κ3) is 2.68. The predicted molar refractivity (Wildman–Crippen MR) is 79.1 cm³/mol. The third-order valence-corrected chi connectivity index (χ3v) is 4.22. The maximum atomic E-state index is 12.4. The monoisotopic (exact) mass is 286 g/mol. The summed E-state index contributed by atoms with van der Waals surface area (Å²) in [5, 5.41) is 2.84. The lowest BCUT2D eigenvalue weighted by atomic mass is 9.82. The minimum atomic E-state index is -0.0432. The molecule has 2 aromatic rings. The van der Waals surface area contributed by atoms with Gasteiger partial charge in [0.15, 0.2) is 17.6 Å². The summed E-state index contributed by atoms with van der Waals surface area (Å²) in [4.78, 5) is 27.7. The van der Waals surface area contributed by atoms with E-state index >= 15 is 0 Å². The van der Waals surface area contributed by atoms with Crippen LogP contribution in [0, 0.1) is 11.8 Å². The van der Waals surface area contributed by atoms with E-state index in [0.717, 1.165) is 25.7 Å². The van der Waals surface area contributed by atoms with Crippen LogP contribution < -0.4 is 5.32 Å². The van der Waals surface area contributed by atoms with Crippen molar-refractivity contribution in [3.05, 3.63) is 24.1 Å². The van der Waals surface area contributed by atoms with E-state index in [0.29, 0.717) is 29.0 Å². The van der Waals surface area contributed by atoms with Gasteiger partial charge >= 0.3 is 0 Å². The van der Waals surface area contributed by atoms with Gasteiger partial charge in [-0.3, -0.25) is 14.6 Å². The summed E-state index contributed by atoms with van der Waals surface area (Å²) in [5.41, 5.74) is 1.42. The second-order valence-electron chi connectivity index (χ2n) is 5.76. The van der Waals surface area contributed by atoms with Gasteiger partial charge in [-0.15, -0.1) is 0 Å². The number of hydrogen-bond donors (Lipinski definition) is 1. The van der Waals surface area contributed by atoms with E-state index in [-0.39, 0.29) is 17.6 Å². The van der Waals surface area contributed by atoms with Crippen molar-refractivity contribution in [2.45, 2.75) is 32.6 Å². The van der Waals surface area contributed by atoms with E-state index in [9.17, 15) is 9.59 Å². The summed E-state index contributed by atoms with van der Waals surface area (Å²) < 4.78 is 5.41. The minimum absolute atomic E-state index is 0.00867. The van der Waals surface area contributed by atoms with Crippen LogP contribution in [0.5, 0.6) is 0 Å². The van der Waals surface area contributed by atoms with Crippen molar-refractivity contribution >= 4 is 29.0 Å². The van der Waals surface area contributed by atoms with Gasteiger partial charge in [-0.25, -0.2) is 0 Å². The average Bonchev–Trinajstić information content (AvgIpc) is 2.86. The number of pyridine rings is 1. The Morgan fingerprint density at radius 3 is 2.86 bits per heavy atom. The Labute approximate surface area is 122 Å². The van der Waals surface area contributed by atoms with Crippen LogP contribution in [-0.4, -0.2) is 17.2 Å². The van der Waals surface area contributed by atoms with Crippen molar-refractivity contribution < 1.29 is 14.0 Å². The molecule has 1 aliphatic rings. The molecule has 3 rings (SSSR count). The van der Waals surface area contributed by atoms with Gasteiger partial charge in [0.25, 0.3) is 0 Å². The smallest absolute Gasteiger partial charge is 0.227 e. The Balaban J connectivity index is 1.84. The van der Waals surface area contributed by atoms with E-state index in [1.807, 2.05) is 0 Å². The van der Waals surface area contributed by atoms with Crippen molar-refractivity contribution in [1.29, 1.82) is 0 Å². The molecule has 0 aliphatic heterocycles. The van der Waals surface area contributed by atoms with Crippen LogP contribution in [0.1, 0.15) is 43.2 Å². The zero-order valence-corrected chi connectivity index (χ0v) is 12.0. The van der Waals surface area contributed by atoms with Gasteiger partial charge in [0.05, 0.1) is 0 Å². The molecule has 2 heterocycles. The first-order valence-corrected chi connectivity index (χ1v) is 7.32. The minimum Gasteiger partial charge on any atom is -0.449 e. The quantitative estimate of drug-likeness (QED) is 0.878. The highest BCUT2D eigenvalue weighted by Crippen LogP contribution is 2.32. The molecule has 21 heavy (non-hydrogen) atoms. The number of carbonyl (C=O) groups excluding carboxylic acids is 2. The van der Waals surface area contributed by atoms with Gasteiger partial charge < -0.3 is 9.73 Å². The fourth-order valence-electron chi connectivity index (χ4n) is 2.90. The van der Waals surface area contributed by atoms with Crippen LogP contribution >= 0.6 is 0 Å². The topological polar surface area (TPSA) is 72.2 Å². The molecular weight excluding hydrogens is 268 g/mol. The lowest BCUT2D eigenvalue weighted by molar-refractivity contribution is -0.121. The summed E-state index contributed by atoms with van der Waals surface area (Å²) >= 11 is 0. The molecular formula is C16H18N2O3. The van der Waals surface area contributed by atoms with Gasteiger partial charge in [-0.1, -0.05) is 6.92 Å². The summed E-state index contributed by atoms with van der Waals surface area (Å²) in [6.07, 6.45) is 6.16. The van der Waals surface area contributed by atoms with E-state index in [1.54, 1.807) is 18.3 Å². The Hall–Kier alpha value is -2.17. The van der Waals surface area contributed by atoms with E-state index in [4.69, 9.17) is 4.42 Å². The second kappa shape index (κ2) is 5.68. The number of nitrogens with one attached hydrogen (secondary N) is 1. The molecule has 0 atom stereocenters. The molecule has 1 N–H and O–H groups in total. The number of anilines is 1. The molecule has 0 aromatic carbocycles. The molecule has 110 valence electrons. The molecule has 0 spiro atoms. The maximum Gasteiger partial charge on any atom is 0.227 e. The molecule has 0 radical (unpaired) electrons. The number of aldehydes is 1. The molecule has 5 heteroatoms. The lowest BCUT2D eigenvalue weighted by Gasteiger charge is -2.25. The first kappa shape index (κ1) is 13.8. The fraction of sp³-hybridized carbons (Fsp3) is 0.438. The molecule has 1 saturated carbocycles. The highest BCUT2D eigenvalue weighted by atomic mass is 16.3. The number of carbonyl (C=O) groups is 2. The van der Waals surface area contributed by atoms with Crippen LogP contribution in [-0.2, 0) is 4.79 Å². The summed E-state index contributed by atoms with van der Waals surface area (Å²) in [6, 6.07) is 3.46. The first-order valence-electron chi connectivity index (χ1n) is 7.32. The van der Waals surface area contributed by atoms with Gasteiger partial charge in [-0.2, -0.15) is 0 Å². The van der Waals surface area contributed by atoms with E-state index in [2.05, 4.69) is 17.2 Å². The van der Waals surface area contributed by atoms with Gasteiger partial charge in [0, 0.05) is 12.1 Å². The summed E-state index contributed by atoms with van der Waals surface area (Å²) in [5.74, 6) is 0.782. The molecule has 2 aromatic heterocycles. The predicted octanol–water partition coefficient (Wildman–Crippen LogP) is 3.41. The molecule has 0 saturated heterocycles. The van der Waals surface area contributed by atoms with Crippen LogP contribution in [0.4, 0.5) is 5.69 Å². The maximum absolute atomic E-state index is 12.4. The average molecular weight is 286 g/mol.